The van der Waals surface area contributed by atoms with E-state index in [1.165, 1.54) is 18.2 Å². The van der Waals surface area contributed by atoms with Crippen LogP contribution in [-0.2, 0) is 18.0 Å². The molecule has 0 amide bonds. The first-order valence-electron chi connectivity index (χ1n) is 9.32. The number of oxime groups is 1. The largest absolute Gasteiger partial charge is 0.391 e. The zero-order valence-electron chi connectivity index (χ0n) is 15.9. The monoisotopic (exact) mass is 403 g/mol. The van der Waals surface area contributed by atoms with E-state index in [4.69, 9.17) is 4.84 Å². The molecule has 0 saturated carbocycles. The maximum Gasteiger partial charge on any atom is 0.269 e. The van der Waals surface area contributed by atoms with Crippen molar-refractivity contribution in [3.05, 3.63) is 112 Å². The fraction of sp³-hybridized carbons (Fsp3) is 0.0870. The van der Waals surface area contributed by atoms with Gasteiger partial charge < -0.3 is 9.40 Å². The lowest BCUT2D eigenvalue weighted by Crippen LogP contribution is -2.00. The lowest BCUT2D eigenvalue weighted by molar-refractivity contribution is -0.384. The third-order valence-electron chi connectivity index (χ3n) is 4.74. The highest BCUT2D eigenvalue weighted by atomic mass is 19.1. The van der Waals surface area contributed by atoms with E-state index in [-0.39, 0.29) is 18.1 Å². The summed E-state index contributed by atoms with van der Waals surface area (Å²) >= 11 is 0. The molecule has 0 spiro atoms. The molecule has 0 bridgehead atoms. The van der Waals surface area contributed by atoms with Gasteiger partial charge in [-0.3, -0.25) is 10.1 Å². The minimum absolute atomic E-state index is 0.0105. The number of hydrogen-bond donors (Lipinski definition) is 0. The fourth-order valence-electron chi connectivity index (χ4n) is 3.28. The highest BCUT2D eigenvalue weighted by molar-refractivity contribution is 5.99. The molecule has 0 radical (unpaired) electrons. The van der Waals surface area contributed by atoms with Crippen LogP contribution in [0.5, 0.6) is 0 Å². The Labute approximate surface area is 172 Å². The van der Waals surface area contributed by atoms with Crippen LogP contribution in [0.1, 0.15) is 16.7 Å². The molecular formula is C23H18FN3O3. The molecule has 150 valence electrons. The summed E-state index contributed by atoms with van der Waals surface area (Å²) in [6.07, 6.45) is 3.49. The van der Waals surface area contributed by atoms with Gasteiger partial charge in [-0.05, 0) is 17.7 Å². The van der Waals surface area contributed by atoms with Crippen molar-refractivity contribution < 1.29 is 14.2 Å². The zero-order chi connectivity index (χ0) is 20.9. The first-order chi connectivity index (χ1) is 14.6. The number of aromatic nitrogens is 1. The summed E-state index contributed by atoms with van der Waals surface area (Å²) in [4.78, 5) is 15.7. The van der Waals surface area contributed by atoms with Gasteiger partial charge in [0, 0.05) is 40.4 Å². The number of benzene rings is 3. The summed E-state index contributed by atoms with van der Waals surface area (Å²) in [6, 6.07) is 20.7. The Balaban J connectivity index is 1.52. The minimum atomic E-state index is -0.447. The third-order valence-corrected chi connectivity index (χ3v) is 4.74. The average Bonchev–Trinajstić information content (AvgIpc) is 3.11. The summed E-state index contributed by atoms with van der Waals surface area (Å²) in [5, 5.41) is 15.8. The zero-order valence-corrected chi connectivity index (χ0v) is 15.9. The molecule has 0 N–H and O–H groups in total. The quantitative estimate of drug-likeness (QED) is 0.239. The van der Waals surface area contributed by atoms with E-state index >= 15 is 0 Å². The molecule has 30 heavy (non-hydrogen) atoms. The Morgan fingerprint density at radius 3 is 2.70 bits per heavy atom. The van der Waals surface area contributed by atoms with E-state index in [0.717, 1.165) is 16.5 Å². The summed E-state index contributed by atoms with van der Waals surface area (Å²) in [7, 11) is 0. The predicted molar refractivity (Wildman–Crippen MR) is 113 cm³/mol. The van der Waals surface area contributed by atoms with E-state index < -0.39 is 4.92 Å². The van der Waals surface area contributed by atoms with Crippen LogP contribution >= 0.6 is 0 Å². The minimum Gasteiger partial charge on any atom is -0.391 e. The molecule has 0 unspecified atom stereocenters. The van der Waals surface area contributed by atoms with Gasteiger partial charge in [0.2, 0.25) is 0 Å². The van der Waals surface area contributed by atoms with Gasteiger partial charge in [-0.15, -0.1) is 0 Å². The standard InChI is InChI=1S/C23H18FN3O3/c24-22-10-3-1-7-18(22)14-26-15-19(21-9-2-4-11-23(21)26)13-25-30-16-17-6-5-8-20(12-17)27(28)29/h1-13,15H,14,16H2/b25-13-. The topological polar surface area (TPSA) is 69.7 Å². The number of fused-ring (bicyclic) bond motifs is 1. The SMILES string of the molecule is O=[N+]([O-])c1cccc(CO/N=C\c2cn(Cc3ccccc3F)c3ccccc23)c1. The molecule has 0 aliphatic rings. The number of hydrogen-bond acceptors (Lipinski definition) is 4. The number of nitro benzene ring substituents is 1. The third kappa shape index (κ3) is 4.20. The molecular weight excluding hydrogens is 385 g/mol. The average molecular weight is 403 g/mol. The van der Waals surface area contributed by atoms with Crippen LogP contribution in [0.25, 0.3) is 10.9 Å². The molecule has 0 atom stereocenters. The van der Waals surface area contributed by atoms with Crippen LogP contribution in [-0.4, -0.2) is 15.7 Å². The number of halogens is 1. The van der Waals surface area contributed by atoms with Crippen molar-refractivity contribution in [3.63, 3.8) is 0 Å². The van der Waals surface area contributed by atoms with Crippen LogP contribution < -0.4 is 0 Å². The van der Waals surface area contributed by atoms with E-state index in [9.17, 15) is 14.5 Å². The van der Waals surface area contributed by atoms with E-state index in [1.54, 1.807) is 30.5 Å². The van der Waals surface area contributed by atoms with E-state index in [2.05, 4.69) is 5.16 Å². The molecule has 0 aliphatic heterocycles. The van der Waals surface area contributed by atoms with Crippen LogP contribution in [0.2, 0.25) is 0 Å². The van der Waals surface area contributed by atoms with E-state index in [1.807, 2.05) is 41.1 Å². The van der Waals surface area contributed by atoms with Gasteiger partial charge in [0.05, 0.1) is 17.7 Å². The van der Waals surface area contributed by atoms with E-state index in [0.29, 0.717) is 17.7 Å². The van der Waals surface area contributed by atoms with Crippen molar-refractivity contribution in [2.24, 2.45) is 5.16 Å². The first kappa shape index (κ1) is 19.3. The van der Waals surface area contributed by atoms with Gasteiger partial charge in [0.1, 0.15) is 12.4 Å². The summed E-state index contributed by atoms with van der Waals surface area (Å²) in [5.74, 6) is -0.245. The van der Waals surface area contributed by atoms with Crippen LogP contribution in [0, 0.1) is 15.9 Å². The smallest absolute Gasteiger partial charge is 0.269 e. The molecule has 3 aromatic carbocycles. The lowest BCUT2D eigenvalue weighted by atomic mass is 10.2. The van der Waals surface area contributed by atoms with Gasteiger partial charge >= 0.3 is 0 Å². The highest BCUT2D eigenvalue weighted by Gasteiger charge is 2.09. The van der Waals surface area contributed by atoms with Gasteiger partial charge in [0.25, 0.3) is 5.69 Å². The Morgan fingerprint density at radius 2 is 1.87 bits per heavy atom. The number of para-hydroxylation sites is 1. The summed E-state index contributed by atoms with van der Waals surface area (Å²) in [6.45, 7) is 0.515. The number of rotatable bonds is 7. The second-order valence-electron chi connectivity index (χ2n) is 6.76. The summed E-state index contributed by atoms with van der Waals surface area (Å²) in [5.41, 5.74) is 3.06. The van der Waals surface area contributed by atoms with Gasteiger partial charge in [-0.1, -0.05) is 53.7 Å². The molecule has 7 heteroatoms. The molecule has 6 nitrogen and oxygen atoms in total. The van der Waals surface area contributed by atoms with Crippen LogP contribution in [0.4, 0.5) is 10.1 Å². The maximum absolute atomic E-state index is 14.1. The van der Waals surface area contributed by atoms with Crippen molar-refractivity contribution in [2.45, 2.75) is 13.2 Å². The van der Waals surface area contributed by atoms with Gasteiger partial charge in [0.15, 0.2) is 0 Å². The number of nitro groups is 1. The number of nitrogens with zero attached hydrogens (tertiary/aromatic N) is 3. The molecule has 4 rings (SSSR count). The second kappa shape index (κ2) is 8.57. The molecule has 4 aromatic rings. The molecule has 1 heterocycles. The molecule has 0 saturated heterocycles. The van der Waals surface area contributed by atoms with Gasteiger partial charge in [-0.25, -0.2) is 4.39 Å². The summed E-state index contributed by atoms with van der Waals surface area (Å²) < 4.78 is 16.0. The first-order valence-corrected chi connectivity index (χ1v) is 9.32. The normalized spacial score (nSPS) is 11.2. The van der Waals surface area contributed by atoms with Crippen LogP contribution in [0.3, 0.4) is 0 Å². The lowest BCUT2D eigenvalue weighted by Gasteiger charge is -2.06. The maximum atomic E-state index is 14.1. The Hall–Kier alpha value is -4.00. The second-order valence-corrected chi connectivity index (χ2v) is 6.76. The fourth-order valence-corrected chi connectivity index (χ4v) is 3.28. The molecule has 0 fully saturated rings. The van der Waals surface area contributed by atoms with Crippen molar-refractivity contribution in [1.82, 2.24) is 4.57 Å². The predicted octanol–water partition coefficient (Wildman–Crippen LogP) is 5.29. The molecule has 1 aromatic heterocycles. The Bertz CT molecular complexity index is 1230. The van der Waals surface area contributed by atoms with Gasteiger partial charge in [-0.2, -0.15) is 0 Å². The molecule has 0 aliphatic carbocycles. The number of non-ortho nitro benzene ring substituents is 1. The van der Waals surface area contributed by atoms with Crippen molar-refractivity contribution in [2.75, 3.05) is 0 Å². The van der Waals surface area contributed by atoms with Crippen molar-refractivity contribution in [1.29, 1.82) is 0 Å². The Morgan fingerprint density at radius 1 is 1.07 bits per heavy atom. The highest BCUT2D eigenvalue weighted by Crippen LogP contribution is 2.22. The van der Waals surface area contributed by atoms with Crippen molar-refractivity contribution in [3.8, 4) is 0 Å². The van der Waals surface area contributed by atoms with Crippen molar-refractivity contribution >= 4 is 22.8 Å². The Kier molecular flexibility index (Phi) is 5.52. The van der Waals surface area contributed by atoms with Crippen LogP contribution in [0.15, 0.2) is 84.1 Å².